The van der Waals surface area contributed by atoms with Gasteiger partial charge in [-0.2, -0.15) is 0 Å². The lowest BCUT2D eigenvalue weighted by Gasteiger charge is -2.33. The number of hydrogen-bond donors (Lipinski definition) is 1. The van der Waals surface area contributed by atoms with Crippen molar-refractivity contribution in [3.8, 4) is 0 Å². The standard InChI is InChI=1S/C14H19N/c1-12-10-14(11-12)15-9-5-8-13-6-3-2-4-7-13/h2-8,12,14-15H,9-11H2,1H3/b8-5+. The molecule has 1 nitrogen and oxygen atoms in total. The lowest BCUT2D eigenvalue weighted by Crippen LogP contribution is -2.39. The van der Waals surface area contributed by atoms with Crippen molar-refractivity contribution in [2.75, 3.05) is 6.54 Å². The van der Waals surface area contributed by atoms with Crippen molar-refractivity contribution < 1.29 is 0 Å². The Hall–Kier alpha value is -1.08. The summed E-state index contributed by atoms with van der Waals surface area (Å²) in [5.41, 5.74) is 1.28. The molecule has 0 amide bonds. The van der Waals surface area contributed by atoms with Crippen molar-refractivity contribution in [3.63, 3.8) is 0 Å². The first kappa shape index (κ1) is 10.4. The van der Waals surface area contributed by atoms with Gasteiger partial charge in [0, 0.05) is 12.6 Å². The molecule has 0 spiro atoms. The zero-order valence-corrected chi connectivity index (χ0v) is 9.32. The van der Waals surface area contributed by atoms with Crippen LogP contribution < -0.4 is 5.32 Å². The number of rotatable bonds is 4. The second-order valence-corrected chi connectivity index (χ2v) is 4.49. The first-order chi connectivity index (χ1) is 7.34. The molecule has 2 rings (SSSR count). The average molecular weight is 201 g/mol. The third-order valence-corrected chi connectivity index (χ3v) is 3.01. The Morgan fingerprint density at radius 1 is 1.27 bits per heavy atom. The van der Waals surface area contributed by atoms with Crippen LogP contribution in [0.3, 0.4) is 0 Å². The van der Waals surface area contributed by atoms with Crippen LogP contribution in [0.1, 0.15) is 25.3 Å². The molecule has 1 heteroatoms. The van der Waals surface area contributed by atoms with Crippen LogP contribution in [0.2, 0.25) is 0 Å². The highest BCUT2D eigenvalue weighted by Crippen LogP contribution is 2.25. The van der Waals surface area contributed by atoms with Crippen molar-refractivity contribution in [2.45, 2.75) is 25.8 Å². The van der Waals surface area contributed by atoms with Gasteiger partial charge in [0.2, 0.25) is 0 Å². The molecule has 1 N–H and O–H groups in total. The van der Waals surface area contributed by atoms with E-state index in [1.807, 2.05) is 6.07 Å². The number of nitrogens with one attached hydrogen (secondary N) is 1. The third kappa shape index (κ3) is 3.21. The molecular weight excluding hydrogens is 182 g/mol. The molecule has 0 unspecified atom stereocenters. The summed E-state index contributed by atoms with van der Waals surface area (Å²) in [5, 5.41) is 3.53. The molecule has 0 aliphatic heterocycles. The van der Waals surface area contributed by atoms with Crippen molar-refractivity contribution in [2.24, 2.45) is 5.92 Å². The SMILES string of the molecule is CC1CC(NC/C=C/c2ccccc2)C1. The largest absolute Gasteiger partial charge is 0.310 e. The zero-order valence-electron chi connectivity index (χ0n) is 9.32. The Labute approximate surface area is 92.2 Å². The lowest BCUT2D eigenvalue weighted by molar-refractivity contribution is 0.248. The summed E-state index contributed by atoms with van der Waals surface area (Å²) in [6.07, 6.45) is 7.08. The summed E-state index contributed by atoms with van der Waals surface area (Å²) in [6, 6.07) is 11.2. The van der Waals surface area contributed by atoms with E-state index < -0.39 is 0 Å². The van der Waals surface area contributed by atoms with E-state index in [2.05, 4.69) is 48.7 Å². The second kappa shape index (κ2) is 5.13. The highest BCUT2D eigenvalue weighted by molar-refractivity contribution is 5.48. The van der Waals surface area contributed by atoms with Crippen LogP contribution in [-0.4, -0.2) is 12.6 Å². The Morgan fingerprint density at radius 3 is 2.67 bits per heavy atom. The van der Waals surface area contributed by atoms with Gasteiger partial charge < -0.3 is 5.32 Å². The highest BCUT2D eigenvalue weighted by Gasteiger charge is 2.23. The van der Waals surface area contributed by atoms with Crippen LogP contribution in [-0.2, 0) is 0 Å². The maximum atomic E-state index is 3.53. The van der Waals surface area contributed by atoms with Crippen molar-refractivity contribution in [3.05, 3.63) is 42.0 Å². The van der Waals surface area contributed by atoms with E-state index in [1.54, 1.807) is 0 Å². The lowest BCUT2D eigenvalue weighted by atomic mass is 9.82. The van der Waals surface area contributed by atoms with Crippen LogP contribution in [0, 0.1) is 5.92 Å². The van der Waals surface area contributed by atoms with E-state index in [0.717, 1.165) is 18.5 Å². The third-order valence-electron chi connectivity index (χ3n) is 3.01. The highest BCUT2D eigenvalue weighted by atomic mass is 14.9. The summed E-state index contributed by atoms with van der Waals surface area (Å²) in [6.45, 7) is 3.31. The van der Waals surface area contributed by atoms with Crippen LogP contribution in [0.15, 0.2) is 36.4 Å². The van der Waals surface area contributed by atoms with Gasteiger partial charge in [0.05, 0.1) is 0 Å². The molecule has 0 saturated heterocycles. The monoisotopic (exact) mass is 201 g/mol. The fraction of sp³-hybridized carbons (Fsp3) is 0.429. The summed E-state index contributed by atoms with van der Waals surface area (Å²) in [4.78, 5) is 0. The van der Waals surface area contributed by atoms with Crippen LogP contribution in [0.4, 0.5) is 0 Å². The summed E-state index contributed by atoms with van der Waals surface area (Å²) >= 11 is 0. The minimum Gasteiger partial charge on any atom is -0.310 e. The molecule has 0 atom stereocenters. The molecule has 0 radical (unpaired) electrons. The molecule has 1 saturated carbocycles. The predicted molar refractivity (Wildman–Crippen MR) is 65.7 cm³/mol. The second-order valence-electron chi connectivity index (χ2n) is 4.49. The summed E-state index contributed by atoms with van der Waals surface area (Å²) < 4.78 is 0. The smallest absolute Gasteiger partial charge is 0.0140 e. The normalized spacial score (nSPS) is 25.4. The molecule has 1 aliphatic carbocycles. The van der Waals surface area contributed by atoms with Gasteiger partial charge in [-0.1, -0.05) is 49.4 Å². The van der Waals surface area contributed by atoms with Crippen LogP contribution >= 0.6 is 0 Å². The van der Waals surface area contributed by atoms with Gasteiger partial charge in [-0.05, 0) is 24.3 Å². The van der Waals surface area contributed by atoms with Gasteiger partial charge in [-0.25, -0.2) is 0 Å². The van der Waals surface area contributed by atoms with Crippen LogP contribution in [0.25, 0.3) is 6.08 Å². The van der Waals surface area contributed by atoms with Crippen molar-refractivity contribution in [1.29, 1.82) is 0 Å². The Bertz CT molecular complexity index is 309. The summed E-state index contributed by atoms with van der Waals surface area (Å²) in [7, 11) is 0. The minimum absolute atomic E-state index is 0.764. The fourth-order valence-corrected chi connectivity index (χ4v) is 2.06. The Balaban J connectivity index is 1.67. The molecule has 0 bridgehead atoms. The van der Waals surface area contributed by atoms with Crippen LogP contribution in [0.5, 0.6) is 0 Å². The average Bonchev–Trinajstić information content (AvgIpc) is 2.23. The maximum Gasteiger partial charge on any atom is 0.0140 e. The molecule has 1 fully saturated rings. The van der Waals surface area contributed by atoms with Gasteiger partial charge in [-0.3, -0.25) is 0 Å². The molecule has 1 aromatic rings. The van der Waals surface area contributed by atoms with E-state index in [9.17, 15) is 0 Å². The molecule has 15 heavy (non-hydrogen) atoms. The van der Waals surface area contributed by atoms with Gasteiger partial charge in [0.1, 0.15) is 0 Å². The number of benzene rings is 1. The first-order valence-electron chi connectivity index (χ1n) is 5.79. The zero-order chi connectivity index (χ0) is 10.5. The van der Waals surface area contributed by atoms with E-state index in [1.165, 1.54) is 18.4 Å². The Kier molecular flexibility index (Phi) is 3.57. The Morgan fingerprint density at radius 2 is 2.00 bits per heavy atom. The number of hydrogen-bond acceptors (Lipinski definition) is 1. The predicted octanol–water partition coefficient (Wildman–Crippen LogP) is 3.09. The first-order valence-corrected chi connectivity index (χ1v) is 5.79. The van der Waals surface area contributed by atoms with Gasteiger partial charge >= 0.3 is 0 Å². The molecule has 1 aromatic carbocycles. The summed E-state index contributed by atoms with van der Waals surface area (Å²) in [5.74, 6) is 0.931. The molecule has 0 aromatic heterocycles. The van der Waals surface area contributed by atoms with Gasteiger partial charge in [-0.15, -0.1) is 0 Å². The molecule has 80 valence electrons. The topological polar surface area (TPSA) is 12.0 Å². The van der Waals surface area contributed by atoms with E-state index in [0.29, 0.717) is 0 Å². The van der Waals surface area contributed by atoms with E-state index in [-0.39, 0.29) is 0 Å². The van der Waals surface area contributed by atoms with E-state index in [4.69, 9.17) is 0 Å². The van der Waals surface area contributed by atoms with Gasteiger partial charge in [0.15, 0.2) is 0 Å². The molecular formula is C14H19N. The maximum absolute atomic E-state index is 3.53. The fourth-order valence-electron chi connectivity index (χ4n) is 2.06. The van der Waals surface area contributed by atoms with Crippen molar-refractivity contribution >= 4 is 6.08 Å². The quantitative estimate of drug-likeness (QED) is 0.789. The van der Waals surface area contributed by atoms with E-state index >= 15 is 0 Å². The molecule has 1 aliphatic rings. The van der Waals surface area contributed by atoms with Crippen molar-refractivity contribution in [1.82, 2.24) is 5.32 Å². The van der Waals surface area contributed by atoms with Gasteiger partial charge in [0.25, 0.3) is 0 Å². The minimum atomic E-state index is 0.764. The molecule has 0 heterocycles.